The molecule has 1 aliphatic rings. The van der Waals surface area contributed by atoms with Crippen molar-refractivity contribution in [2.45, 2.75) is 43.2 Å². The van der Waals surface area contributed by atoms with Crippen LogP contribution in [0.1, 0.15) is 30.9 Å². The van der Waals surface area contributed by atoms with E-state index in [4.69, 9.17) is 5.73 Å². The first kappa shape index (κ1) is 18.6. The third-order valence-electron chi connectivity index (χ3n) is 4.48. The van der Waals surface area contributed by atoms with Crippen LogP contribution in [-0.2, 0) is 20.4 Å². The van der Waals surface area contributed by atoms with Crippen LogP contribution in [0.15, 0.2) is 53.4 Å². The molecule has 1 aliphatic carbocycles. The summed E-state index contributed by atoms with van der Waals surface area (Å²) in [7, 11) is -3.61. The number of nitrogens with two attached hydrogens (primary N) is 1. The Labute approximate surface area is 153 Å². The highest BCUT2D eigenvalue weighted by atomic mass is 32.2. The largest absolute Gasteiger partial charge is 0.324 e. The highest BCUT2D eigenvalue weighted by molar-refractivity contribution is 7.89. The molecule has 6 nitrogen and oxygen atoms in total. The summed E-state index contributed by atoms with van der Waals surface area (Å²) in [5.41, 5.74) is 6.66. The maximum absolute atomic E-state index is 12.7. The molecule has 1 amide bonds. The number of hydrogen-bond acceptors (Lipinski definition) is 4. The van der Waals surface area contributed by atoms with E-state index in [1.165, 1.54) is 6.07 Å². The SMILES string of the molecule is Cc1ccc(NC(=O)C(C)(N)c2ccccc2)cc1S(=O)(=O)NC1CC1. The van der Waals surface area contributed by atoms with Crippen LogP contribution >= 0.6 is 0 Å². The Morgan fingerprint density at radius 1 is 1.15 bits per heavy atom. The predicted molar refractivity (Wildman–Crippen MR) is 101 cm³/mol. The molecule has 7 heteroatoms. The van der Waals surface area contributed by atoms with Gasteiger partial charge in [-0.2, -0.15) is 0 Å². The van der Waals surface area contributed by atoms with Crippen molar-refractivity contribution in [2.24, 2.45) is 5.73 Å². The summed E-state index contributed by atoms with van der Waals surface area (Å²) in [6, 6.07) is 13.9. The molecular formula is C19H23N3O3S. The number of nitrogens with one attached hydrogen (secondary N) is 2. The smallest absolute Gasteiger partial charge is 0.248 e. The molecule has 26 heavy (non-hydrogen) atoms. The molecule has 0 aromatic heterocycles. The standard InChI is InChI=1S/C19H23N3O3S/c1-13-8-9-16(12-17(13)26(24,25)22-15-10-11-15)21-18(23)19(2,20)14-6-4-3-5-7-14/h3-9,12,15,22H,10-11,20H2,1-2H3,(H,21,23). The number of benzene rings is 2. The first-order chi connectivity index (χ1) is 12.2. The molecule has 1 saturated carbocycles. The van der Waals surface area contributed by atoms with Crippen molar-refractivity contribution < 1.29 is 13.2 Å². The van der Waals surface area contributed by atoms with Crippen LogP contribution in [-0.4, -0.2) is 20.4 Å². The lowest BCUT2D eigenvalue weighted by Gasteiger charge is -2.24. The van der Waals surface area contributed by atoms with Gasteiger partial charge in [-0.15, -0.1) is 0 Å². The maximum Gasteiger partial charge on any atom is 0.248 e. The summed E-state index contributed by atoms with van der Waals surface area (Å²) in [6.07, 6.45) is 1.72. The summed E-state index contributed by atoms with van der Waals surface area (Å²) >= 11 is 0. The number of amides is 1. The minimum absolute atomic E-state index is 0.0167. The van der Waals surface area contributed by atoms with Crippen molar-refractivity contribution in [1.29, 1.82) is 0 Å². The van der Waals surface area contributed by atoms with Gasteiger partial charge < -0.3 is 11.1 Å². The van der Waals surface area contributed by atoms with Gasteiger partial charge in [0.25, 0.3) is 0 Å². The van der Waals surface area contributed by atoms with Gasteiger partial charge in [0.2, 0.25) is 15.9 Å². The average molecular weight is 373 g/mol. The molecular weight excluding hydrogens is 350 g/mol. The number of carbonyl (C=O) groups is 1. The van der Waals surface area contributed by atoms with Gasteiger partial charge in [0.15, 0.2) is 0 Å². The number of anilines is 1. The Balaban J connectivity index is 1.84. The van der Waals surface area contributed by atoms with Crippen LogP contribution in [0.5, 0.6) is 0 Å². The molecule has 0 saturated heterocycles. The van der Waals surface area contributed by atoms with Gasteiger partial charge in [-0.05, 0) is 49.9 Å². The average Bonchev–Trinajstić information content (AvgIpc) is 3.40. The molecule has 0 bridgehead atoms. The second-order valence-electron chi connectivity index (χ2n) is 6.90. The summed E-state index contributed by atoms with van der Waals surface area (Å²) < 4.78 is 27.7. The Morgan fingerprint density at radius 2 is 1.81 bits per heavy atom. The van der Waals surface area contributed by atoms with E-state index in [2.05, 4.69) is 10.0 Å². The number of sulfonamides is 1. The van der Waals surface area contributed by atoms with Crippen molar-refractivity contribution in [3.05, 3.63) is 59.7 Å². The quantitative estimate of drug-likeness (QED) is 0.723. The molecule has 1 unspecified atom stereocenters. The molecule has 3 rings (SSSR count). The van der Waals surface area contributed by atoms with Crippen molar-refractivity contribution >= 4 is 21.6 Å². The second-order valence-corrected chi connectivity index (χ2v) is 8.58. The van der Waals surface area contributed by atoms with Crippen molar-refractivity contribution in [1.82, 2.24) is 4.72 Å². The van der Waals surface area contributed by atoms with E-state index in [0.29, 0.717) is 16.8 Å². The Hall–Kier alpha value is -2.22. The number of aryl methyl sites for hydroxylation is 1. The monoisotopic (exact) mass is 373 g/mol. The summed E-state index contributed by atoms with van der Waals surface area (Å²) in [5.74, 6) is -0.411. The highest BCUT2D eigenvalue weighted by Crippen LogP contribution is 2.26. The molecule has 2 aromatic rings. The minimum atomic E-state index is -3.61. The van der Waals surface area contributed by atoms with Crippen LogP contribution in [0, 0.1) is 6.92 Å². The van der Waals surface area contributed by atoms with Crippen LogP contribution in [0.3, 0.4) is 0 Å². The van der Waals surface area contributed by atoms with E-state index >= 15 is 0 Å². The lowest BCUT2D eigenvalue weighted by Crippen LogP contribution is -2.45. The van der Waals surface area contributed by atoms with E-state index in [0.717, 1.165) is 12.8 Å². The topological polar surface area (TPSA) is 101 Å². The van der Waals surface area contributed by atoms with Crippen LogP contribution < -0.4 is 15.8 Å². The first-order valence-corrected chi connectivity index (χ1v) is 9.97. The van der Waals surface area contributed by atoms with Crippen molar-refractivity contribution in [3.8, 4) is 0 Å². The van der Waals surface area contributed by atoms with Gasteiger partial charge >= 0.3 is 0 Å². The zero-order valence-corrected chi connectivity index (χ0v) is 15.6. The highest BCUT2D eigenvalue weighted by Gasteiger charge is 2.31. The Morgan fingerprint density at radius 3 is 2.42 bits per heavy atom. The minimum Gasteiger partial charge on any atom is -0.324 e. The van der Waals surface area contributed by atoms with E-state index in [-0.39, 0.29) is 10.9 Å². The fourth-order valence-electron chi connectivity index (χ4n) is 2.63. The first-order valence-electron chi connectivity index (χ1n) is 8.49. The van der Waals surface area contributed by atoms with Crippen LogP contribution in [0.25, 0.3) is 0 Å². The number of carbonyl (C=O) groups excluding carboxylic acids is 1. The van der Waals surface area contributed by atoms with E-state index in [9.17, 15) is 13.2 Å². The van der Waals surface area contributed by atoms with Crippen LogP contribution in [0.4, 0.5) is 5.69 Å². The second kappa shape index (κ2) is 6.83. The molecule has 138 valence electrons. The fourth-order valence-corrected chi connectivity index (χ4v) is 4.20. The van der Waals surface area contributed by atoms with Gasteiger partial charge in [0.1, 0.15) is 5.54 Å². The van der Waals surface area contributed by atoms with Gasteiger partial charge in [0, 0.05) is 11.7 Å². The molecule has 1 atom stereocenters. The predicted octanol–water partition coefficient (Wildman–Crippen LogP) is 2.25. The molecule has 0 radical (unpaired) electrons. The molecule has 0 heterocycles. The summed E-state index contributed by atoms with van der Waals surface area (Å²) in [6.45, 7) is 3.35. The maximum atomic E-state index is 12.7. The third-order valence-corrected chi connectivity index (χ3v) is 6.14. The van der Waals surface area contributed by atoms with E-state index < -0.39 is 21.5 Å². The Bertz CT molecular complexity index is 920. The fraction of sp³-hybridized carbons (Fsp3) is 0.316. The normalized spacial score (nSPS) is 16.7. The molecule has 4 N–H and O–H groups in total. The van der Waals surface area contributed by atoms with Gasteiger partial charge in [-0.1, -0.05) is 36.4 Å². The Kier molecular flexibility index (Phi) is 4.88. The lowest BCUT2D eigenvalue weighted by atomic mass is 9.92. The van der Waals surface area contributed by atoms with Crippen LogP contribution in [0.2, 0.25) is 0 Å². The molecule has 1 fully saturated rings. The lowest BCUT2D eigenvalue weighted by molar-refractivity contribution is -0.120. The molecule has 0 aliphatic heterocycles. The van der Waals surface area contributed by atoms with Crippen molar-refractivity contribution in [3.63, 3.8) is 0 Å². The van der Waals surface area contributed by atoms with Gasteiger partial charge in [0.05, 0.1) is 4.90 Å². The third kappa shape index (κ3) is 3.95. The molecule has 0 spiro atoms. The summed E-state index contributed by atoms with van der Waals surface area (Å²) in [4.78, 5) is 12.8. The van der Waals surface area contributed by atoms with Crippen molar-refractivity contribution in [2.75, 3.05) is 5.32 Å². The van der Waals surface area contributed by atoms with E-state index in [1.54, 1.807) is 38.1 Å². The van der Waals surface area contributed by atoms with Gasteiger partial charge in [-0.25, -0.2) is 13.1 Å². The number of rotatable bonds is 6. The van der Waals surface area contributed by atoms with Gasteiger partial charge in [-0.3, -0.25) is 4.79 Å². The zero-order valence-electron chi connectivity index (χ0n) is 14.8. The van der Waals surface area contributed by atoms with E-state index in [1.807, 2.05) is 18.2 Å². The zero-order chi connectivity index (χ0) is 18.9. The number of hydrogen-bond donors (Lipinski definition) is 3. The molecule has 2 aromatic carbocycles. The summed E-state index contributed by atoms with van der Waals surface area (Å²) in [5, 5.41) is 2.73.